The van der Waals surface area contributed by atoms with Crippen LogP contribution in [0.5, 0.6) is 0 Å². The third-order valence-corrected chi connectivity index (χ3v) is 6.30. The van der Waals surface area contributed by atoms with Crippen LogP contribution in [-0.4, -0.2) is 46.1 Å². The van der Waals surface area contributed by atoms with Gasteiger partial charge in [-0.1, -0.05) is 51.1 Å². The summed E-state index contributed by atoms with van der Waals surface area (Å²) in [5.74, 6) is -0.759. The number of para-hydroxylation sites is 1. The molecule has 0 spiro atoms. The molecule has 1 saturated heterocycles. The second kappa shape index (κ2) is 10.2. The molecule has 1 aromatic heterocycles. The number of nitrogens with one attached hydrogen (secondary N) is 3. The standard InChI is InChI=1S/C27H30N6O3/c1-27(2,3)24(26(36)29-15-19-12-13-22(34)30-19)31-25(35)23-20-6-4-5-7-21(20)33(32-23)16-18-10-8-17(14-28)9-11-18/h4-11,19,24H,12-13,15-16H2,1-3H3,(H,29,36)(H,30,34)(H,31,35)/t19?,24-/m1/s1. The number of fused-ring (bicyclic) bond motifs is 1. The second-order valence-corrected chi connectivity index (χ2v) is 10.2. The van der Waals surface area contributed by atoms with Crippen molar-refractivity contribution >= 4 is 28.6 Å². The molecule has 0 radical (unpaired) electrons. The third-order valence-electron chi connectivity index (χ3n) is 6.30. The Morgan fingerprint density at radius 3 is 2.56 bits per heavy atom. The van der Waals surface area contributed by atoms with Crippen LogP contribution < -0.4 is 16.0 Å². The quantitative estimate of drug-likeness (QED) is 0.473. The molecule has 3 N–H and O–H groups in total. The monoisotopic (exact) mass is 486 g/mol. The van der Waals surface area contributed by atoms with E-state index in [-0.39, 0.29) is 23.6 Å². The highest BCUT2D eigenvalue weighted by atomic mass is 16.2. The molecule has 36 heavy (non-hydrogen) atoms. The highest BCUT2D eigenvalue weighted by Gasteiger charge is 2.34. The second-order valence-electron chi connectivity index (χ2n) is 10.2. The molecule has 1 aliphatic heterocycles. The van der Waals surface area contributed by atoms with Crippen LogP contribution in [0, 0.1) is 16.7 Å². The fourth-order valence-corrected chi connectivity index (χ4v) is 4.30. The van der Waals surface area contributed by atoms with Crippen LogP contribution in [0.2, 0.25) is 0 Å². The van der Waals surface area contributed by atoms with Crippen LogP contribution in [0.1, 0.15) is 55.2 Å². The molecule has 3 aromatic rings. The van der Waals surface area contributed by atoms with E-state index in [1.54, 1.807) is 16.8 Å². The fraction of sp³-hybridized carbons (Fsp3) is 0.370. The van der Waals surface area contributed by atoms with Crippen molar-refractivity contribution in [2.75, 3.05) is 6.54 Å². The lowest BCUT2D eigenvalue weighted by Crippen LogP contribution is -2.55. The molecule has 9 nitrogen and oxygen atoms in total. The van der Waals surface area contributed by atoms with E-state index in [0.29, 0.717) is 36.9 Å². The van der Waals surface area contributed by atoms with Crippen LogP contribution >= 0.6 is 0 Å². The maximum Gasteiger partial charge on any atom is 0.273 e. The van der Waals surface area contributed by atoms with E-state index < -0.39 is 17.4 Å². The number of hydrogen-bond acceptors (Lipinski definition) is 5. The Morgan fingerprint density at radius 1 is 1.19 bits per heavy atom. The average Bonchev–Trinajstić information content (AvgIpc) is 3.44. The lowest BCUT2D eigenvalue weighted by Gasteiger charge is -2.30. The first-order valence-electron chi connectivity index (χ1n) is 12.0. The highest BCUT2D eigenvalue weighted by Crippen LogP contribution is 2.23. The molecule has 1 aliphatic rings. The summed E-state index contributed by atoms with van der Waals surface area (Å²) in [6, 6.07) is 15.9. The largest absolute Gasteiger partial charge is 0.352 e. The lowest BCUT2D eigenvalue weighted by atomic mass is 9.86. The molecule has 4 rings (SSSR count). The highest BCUT2D eigenvalue weighted by molar-refractivity contribution is 6.06. The first kappa shape index (κ1) is 24.9. The first-order valence-corrected chi connectivity index (χ1v) is 12.0. The molecule has 2 heterocycles. The smallest absolute Gasteiger partial charge is 0.273 e. The zero-order valence-electron chi connectivity index (χ0n) is 20.7. The number of nitriles is 1. The Balaban J connectivity index is 1.54. The zero-order valence-corrected chi connectivity index (χ0v) is 20.7. The van der Waals surface area contributed by atoms with Gasteiger partial charge in [0.2, 0.25) is 11.8 Å². The van der Waals surface area contributed by atoms with E-state index >= 15 is 0 Å². The van der Waals surface area contributed by atoms with E-state index in [0.717, 1.165) is 11.1 Å². The van der Waals surface area contributed by atoms with Gasteiger partial charge >= 0.3 is 0 Å². The van der Waals surface area contributed by atoms with Gasteiger partial charge in [-0.05, 0) is 35.6 Å². The molecule has 0 bridgehead atoms. The maximum absolute atomic E-state index is 13.4. The van der Waals surface area contributed by atoms with Gasteiger partial charge < -0.3 is 16.0 Å². The lowest BCUT2D eigenvalue weighted by molar-refractivity contribution is -0.125. The molecule has 186 valence electrons. The van der Waals surface area contributed by atoms with E-state index in [4.69, 9.17) is 5.26 Å². The fourth-order valence-electron chi connectivity index (χ4n) is 4.30. The van der Waals surface area contributed by atoms with Crippen LogP contribution in [0.3, 0.4) is 0 Å². The molecule has 1 unspecified atom stereocenters. The van der Waals surface area contributed by atoms with Crippen LogP contribution in [0.15, 0.2) is 48.5 Å². The predicted octanol–water partition coefficient (Wildman–Crippen LogP) is 2.50. The van der Waals surface area contributed by atoms with Crippen molar-refractivity contribution in [3.63, 3.8) is 0 Å². The summed E-state index contributed by atoms with van der Waals surface area (Å²) in [4.78, 5) is 37.9. The average molecular weight is 487 g/mol. The Kier molecular flexibility index (Phi) is 7.06. The van der Waals surface area contributed by atoms with Crippen molar-refractivity contribution < 1.29 is 14.4 Å². The molecule has 9 heteroatoms. The predicted molar refractivity (Wildman–Crippen MR) is 135 cm³/mol. The van der Waals surface area contributed by atoms with Crippen molar-refractivity contribution in [1.29, 1.82) is 5.26 Å². The molecule has 2 atom stereocenters. The Bertz CT molecular complexity index is 1330. The number of amides is 3. The number of nitrogens with zero attached hydrogens (tertiary/aromatic N) is 3. The van der Waals surface area contributed by atoms with Gasteiger partial charge in [0.05, 0.1) is 23.7 Å². The number of hydrogen-bond donors (Lipinski definition) is 3. The topological polar surface area (TPSA) is 129 Å². The summed E-state index contributed by atoms with van der Waals surface area (Å²) in [6.07, 6.45) is 1.13. The summed E-state index contributed by atoms with van der Waals surface area (Å²) in [7, 11) is 0. The van der Waals surface area contributed by atoms with Crippen molar-refractivity contribution in [2.45, 2.75) is 52.2 Å². The van der Waals surface area contributed by atoms with Gasteiger partial charge in [0.25, 0.3) is 5.91 Å². The van der Waals surface area contributed by atoms with Crippen molar-refractivity contribution in [3.8, 4) is 6.07 Å². The van der Waals surface area contributed by atoms with Crippen LogP contribution in [0.25, 0.3) is 10.9 Å². The van der Waals surface area contributed by atoms with Gasteiger partial charge in [-0.25, -0.2) is 0 Å². The Morgan fingerprint density at radius 2 is 1.92 bits per heavy atom. The maximum atomic E-state index is 13.4. The van der Waals surface area contributed by atoms with Gasteiger partial charge in [-0.2, -0.15) is 10.4 Å². The van der Waals surface area contributed by atoms with E-state index in [2.05, 4.69) is 27.1 Å². The van der Waals surface area contributed by atoms with Gasteiger partial charge in [0, 0.05) is 24.4 Å². The van der Waals surface area contributed by atoms with Gasteiger partial charge in [-0.15, -0.1) is 0 Å². The van der Waals surface area contributed by atoms with Gasteiger partial charge in [0.1, 0.15) is 6.04 Å². The Hall–Kier alpha value is -4.19. The van der Waals surface area contributed by atoms with Crippen molar-refractivity contribution in [1.82, 2.24) is 25.7 Å². The van der Waals surface area contributed by atoms with E-state index in [1.165, 1.54) is 0 Å². The SMILES string of the molecule is CC(C)(C)[C@H](NC(=O)c1nn(Cc2ccc(C#N)cc2)c2ccccc12)C(=O)NCC1CCC(=O)N1. The first-order chi connectivity index (χ1) is 17.2. The Labute approximate surface area is 209 Å². The third kappa shape index (κ3) is 5.54. The summed E-state index contributed by atoms with van der Waals surface area (Å²) in [6.45, 7) is 6.40. The summed E-state index contributed by atoms with van der Waals surface area (Å²) in [5.41, 5.74) is 2.00. The summed E-state index contributed by atoms with van der Waals surface area (Å²) < 4.78 is 1.75. The number of benzene rings is 2. The number of carbonyl (C=O) groups excluding carboxylic acids is 3. The number of carbonyl (C=O) groups is 3. The molecule has 1 fully saturated rings. The zero-order chi connectivity index (χ0) is 25.9. The summed E-state index contributed by atoms with van der Waals surface area (Å²) >= 11 is 0. The molecule has 3 amide bonds. The normalized spacial score (nSPS) is 16.3. The van der Waals surface area contributed by atoms with Crippen molar-refractivity contribution in [2.24, 2.45) is 5.41 Å². The molecular weight excluding hydrogens is 456 g/mol. The van der Waals surface area contributed by atoms with E-state index in [1.807, 2.05) is 57.2 Å². The molecule has 0 aliphatic carbocycles. The minimum atomic E-state index is -0.801. The number of aromatic nitrogens is 2. The molecule has 0 saturated carbocycles. The van der Waals surface area contributed by atoms with E-state index in [9.17, 15) is 14.4 Å². The van der Waals surface area contributed by atoms with Gasteiger partial charge in [0.15, 0.2) is 5.69 Å². The minimum Gasteiger partial charge on any atom is -0.352 e. The van der Waals surface area contributed by atoms with Crippen LogP contribution in [-0.2, 0) is 16.1 Å². The molecule has 2 aromatic carbocycles. The number of rotatable bonds is 7. The molecular formula is C27H30N6O3. The van der Waals surface area contributed by atoms with Gasteiger partial charge in [-0.3, -0.25) is 19.1 Å². The minimum absolute atomic E-state index is 0.0154. The van der Waals surface area contributed by atoms with Crippen LogP contribution in [0.4, 0.5) is 0 Å². The summed E-state index contributed by atoms with van der Waals surface area (Å²) in [5, 5.41) is 22.9. The van der Waals surface area contributed by atoms with Crippen molar-refractivity contribution in [3.05, 3.63) is 65.4 Å².